The normalized spacial score (nSPS) is 22.1. The highest BCUT2D eigenvalue weighted by atomic mass is 16.3. The number of nitrogens with one attached hydrogen (secondary N) is 9. The predicted molar refractivity (Wildman–Crippen MR) is 280 cm³/mol. The fraction of sp³-hybridized carbons (Fsp3) is 0.700. The lowest BCUT2D eigenvalue weighted by Gasteiger charge is -2.29. The first kappa shape index (κ1) is 64.2. The molecular weight excluding hydrogens is 957 g/mol. The second-order valence-corrected chi connectivity index (χ2v) is 19.7. The fourth-order valence-corrected chi connectivity index (χ4v) is 8.13. The Kier molecular flexibility index (Phi) is 30.6. The van der Waals surface area contributed by atoms with Crippen molar-refractivity contribution in [3.05, 3.63) is 35.9 Å². The standard InChI is InChI=1S/C50H88N14O10/c1-6-7-8-9-13-16-34(65)29-42(66)56-35(17-22-51)43(67)60-39-21-26-55-50(74)64(30-32(4)5)63-49(73)38(20-25-54)59-44(68)36(18-23-52)58-47(71)40(27-31(2)3)61-48(72)41(28-33-14-11-10-12-15-33)62-45(69)37(19-24-53)57-46(39)70/h10-12,14-15,31-32,34-41,65H,6-9,13,16-30,51-54H2,1-5H3,(H,55,74)(H,56,66)(H,57,70)(H,58,71)(H,59,68)(H,60,67)(H,61,72)(H,62,69)(H,63,73)/t34-,35-,36+,37-,38+,39+,40+,41-/m1/s1. The number of rotatable bonds is 25. The van der Waals surface area contributed by atoms with Gasteiger partial charge in [-0.05, 0) is 88.5 Å². The molecule has 18 N–H and O–H groups in total. The molecule has 1 aromatic carbocycles. The molecule has 0 radical (unpaired) electrons. The smallest absolute Gasteiger partial charge is 0.336 e. The summed E-state index contributed by atoms with van der Waals surface area (Å²) < 4.78 is 0. The number of urea groups is 1. The summed E-state index contributed by atoms with van der Waals surface area (Å²) in [6.45, 7) is 8.71. The van der Waals surface area contributed by atoms with Gasteiger partial charge in [0.15, 0.2) is 0 Å². The molecule has 0 unspecified atom stereocenters. The molecule has 1 fully saturated rings. The number of hydrogen-bond donors (Lipinski definition) is 14. The number of aliphatic hydroxyl groups excluding tert-OH is 1. The molecule has 24 heteroatoms. The third-order valence-corrected chi connectivity index (χ3v) is 12.1. The van der Waals surface area contributed by atoms with E-state index >= 15 is 0 Å². The van der Waals surface area contributed by atoms with Gasteiger partial charge in [0, 0.05) is 19.5 Å². The van der Waals surface area contributed by atoms with Crippen molar-refractivity contribution in [2.45, 2.75) is 173 Å². The molecule has 8 atom stereocenters. The largest absolute Gasteiger partial charge is 0.393 e. The van der Waals surface area contributed by atoms with E-state index in [9.17, 15) is 48.3 Å². The number of hydrazine groups is 1. The minimum atomic E-state index is -1.49. The highest BCUT2D eigenvalue weighted by Crippen LogP contribution is 2.12. The van der Waals surface area contributed by atoms with Crippen molar-refractivity contribution in [3.8, 4) is 0 Å². The van der Waals surface area contributed by atoms with E-state index in [1.807, 2.05) is 13.8 Å². The number of unbranched alkanes of at least 4 members (excludes halogenated alkanes) is 4. The van der Waals surface area contributed by atoms with Gasteiger partial charge in [-0.25, -0.2) is 9.80 Å². The highest BCUT2D eigenvalue weighted by molar-refractivity contribution is 5.98. The zero-order chi connectivity index (χ0) is 55.2. The molecule has 0 aromatic heterocycles. The summed E-state index contributed by atoms with van der Waals surface area (Å²) in [5.41, 5.74) is 26.8. The number of carbonyl (C=O) groups excluding carboxylic acids is 9. The van der Waals surface area contributed by atoms with Gasteiger partial charge in [0.05, 0.1) is 12.5 Å². The second-order valence-electron chi connectivity index (χ2n) is 19.7. The van der Waals surface area contributed by atoms with Crippen LogP contribution in [0.15, 0.2) is 30.3 Å². The summed E-state index contributed by atoms with van der Waals surface area (Å²) in [5, 5.41) is 32.9. The molecule has 1 aliphatic rings. The van der Waals surface area contributed by atoms with Crippen LogP contribution in [0.1, 0.15) is 124 Å². The molecule has 1 aliphatic heterocycles. The van der Waals surface area contributed by atoms with Gasteiger partial charge in [-0.1, -0.05) is 97.1 Å². The van der Waals surface area contributed by atoms with Crippen LogP contribution in [-0.4, -0.2) is 151 Å². The molecule has 1 saturated heterocycles. The predicted octanol–water partition coefficient (Wildman–Crippen LogP) is -1.72. The average molecular weight is 1050 g/mol. The minimum Gasteiger partial charge on any atom is -0.393 e. The Morgan fingerprint density at radius 3 is 1.74 bits per heavy atom. The van der Waals surface area contributed by atoms with E-state index in [-0.39, 0.29) is 102 Å². The number of nitrogens with two attached hydrogens (primary N) is 4. The van der Waals surface area contributed by atoms with Crippen molar-refractivity contribution in [1.82, 2.24) is 53.0 Å². The van der Waals surface area contributed by atoms with Crippen LogP contribution < -0.4 is 70.9 Å². The first-order chi connectivity index (χ1) is 35.3. The summed E-state index contributed by atoms with van der Waals surface area (Å²) in [4.78, 5) is 126. The monoisotopic (exact) mass is 1040 g/mol. The molecule has 0 bridgehead atoms. The van der Waals surface area contributed by atoms with E-state index in [4.69, 9.17) is 22.9 Å². The average Bonchev–Trinajstić information content (AvgIpc) is 3.34. The Hall–Kier alpha value is -5.95. The molecule has 24 nitrogen and oxygen atoms in total. The van der Waals surface area contributed by atoms with E-state index in [1.54, 1.807) is 44.2 Å². The van der Waals surface area contributed by atoms with Gasteiger partial charge in [0.1, 0.15) is 42.3 Å². The molecule has 0 spiro atoms. The van der Waals surface area contributed by atoms with Crippen LogP contribution in [-0.2, 0) is 44.8 Å². The van der Waals surface area contributed by atoms with Crippen molar-refractivity contribution < 1.29 is 48.3 Å². The molecule has 1 heterocycles. The van der Waals surface area contributed by atoms with Gasteiger partial charge in [0.2, 0.25) is 41.4 Å². The number of carbonyl (C=O) groups is 9. The molecule has 74 heavy (non-hydrogen) atoms. The van der Waals surface area contributed by atoms with Crippen LogP contribution in [0.3, 0.4) is 0 Å². The number of nitrogens with zero attached hydrogens (tertiary/aromatic N) is 1. The van der Waals surface area contributed by atoms with Crippen LogP contribution in [0.25, 0.3) is 0 Å². The molecule has 1 aromatic rings. The third-order valence-electron chi connectivity index (χ3n) is 12.1. The van der Waals surface area contributed by atoms with Crippen LogP contribution >= 0.6 is 0 Å². The first-order valence-corrected chi connectivity index (χ1v) is 26.3. The SMILES string of the molecule is CCCCCCC[C@@H](O)CC(=O)N[C@H](CCN)C(=O)N[C@H]1CCNC(=O)N(CC(C)C)NC(=O)[C@H](CCN)NC(=O)[C@H](CCN)NC(=O)[C@H](CC(C)C)NC(=O)[C@@H](Cc2ccccc2)NC(=O)[C@@H](CCN)NC1=O. The summed E-state index contributed by atoms with van der Waals surface area (Å²) >= 11 is 0. The van der Waals surface area contributed by atoms with Crippen LogP contribution in [0.2, 0.25) is 0 Å². The number of benzene rings is 1. The maximum absolute atomic E-state index is 14.4. The zero-order valence-corrected chi connectivity index (χ0v) is 44.2. The maximum Gasteiger partial charge on any atom is 0.336 e. The van der Waals surface area contributed by atoms with Crippen molar-refractivity contribution in [3.63, 3.8) is 0 Å². The van der Waals surface area contributed by atoms with Crippen LogP contribution in [0, 0.1) is 11.8 Å². The van der Waals surface area contributed by atoms with Crippen LogP contribution in [0.4, 0.5) is 4.79 Å². The van der Waals surface area contributed by atoms with Gasteiger partial charge >= 0.3 is 6.03 Å². The highest BCUT2D eigenvalue weighted by Gasteiger charge is 2.35. The molecule has 0 saturated carbocycles. The fourth-order valence-electron chi connectivity index (χ4n) is 8.13. The summed E-state index contributed by atoms with van der Waals surface area (Å²) in [5.74, 6) is -6.64. The van der Waals surface area contributed by atoms with Gasteiger partial charge in [-0.2, -0.15) is 0 Å². The van der Waals surface area contributed by atoms with Gasteiger partial charge in [-0.15, -0.1) is 0 Å². The molecular formula is C50H88N14O10. The van der Waals surface area contributed by atoms with E-state index in [0.717, 1.165) is 37.1 Å². The van der Waals surface area contributed by atoms with E-state index in [2.05, 4.69) is 54.9 Å². The summed E-state index contributed by atoms with van der Waals surface area (Å²) in [6.07, 6.45) is 3.33. The maximum atomic E-state index is 14.4. The van der Waals surface area contributed by atoms with Crippen LogP contribution in [0.5, 0.6) is 0 Å². The zero-order valence-electron chi connectivity index (χ0n) is 44.2. The lowest BCUT2D eigenvalue weighted by Crippen LogP contribution is -2.61. The van der Waals surface area contributed by atoms with Crippen molar-refractivity contribution >= 4 is 53.3 Å². The van der Waals surface area contributed by atoms with Gasteiger partial charge in [-0.3, -0.25) is 43.8 Å². The molecule has 10 amide bonds. The Morgan fingerprint density at radius 2 is 1.19 bits per heavy atom. The van der Waals surface area contributed by atoms with Crippen molar-refractivity contribution in [2.24, 2.45) is 34.8 Å². The Bertz CT molecular complexity index is 1930. The lowest BCUT2D eigenvalue weighted by atomic mass is 10.00. The first-order valence-electron chi connectivity index (χ1n) is 26.3. The minimum absolute atomic E-state index is 0.0223. The quantitative estimate of drug-likeness (QED) is 0.0485. The van der Waals surface area contributed by atoms with E-state index < -0.39 is 102 Å². The van der Waals surface area contributed by atoms with Crippen molar-refractivity contribution in [2.75, 3.05) is 39.3 Å². The Balaban J connectivity index is 2.68. The molecule has 0 aliphatic carbocycles. The molecule has 2 rings (SSSR count). The molecule has 418 valence electrons. The van der Waals surface area contributed by atoms with Gasteiger partial charge < -0.3 is 70.6 Å². The van der Waals surface area contributed by atoms with Gasteiger partial charge in [0.25, 0.3) is 5.91 Å². The lowest BCUT2D eigenvalue weighted by molar-refractivity contribution is -0.136. The Morgan fingerprint density at radius 1 is 0.662 bits per heavy atom. The summed E-state index contributed by atoms with van der Waals surface area (Å²) in [7, 11) is 0. The Labute approximate surface area is 436 Å². The third kappa shape index (κ3) is 24.4. The number of hydrogen-bond acceptors (Lipinski definition) is 14. The second kappa shape index (κ2) is 35.3. The number of amides is 10. The van der Waals surface area contributed by atoms with E-state index in [0.29, 0.717) is 12.0 Å². The van der Waals surface area contributed by atoms with Crippen molar-refractivity contribution in [1.29, 1.82) is 0 Å². The van der Waals surface area contributed by atoms with E-state index in [1.165, 1.54) is 0 Å². The summed E-state index contributed by atoms with van der Waals surface area (Å²) in [6, 6.07) is -1.36. The number of aliphatic hydroxyl groups is 1. The topological polar surface area (TPSA) is 389 Å².